The van der Waals surface area contributed by atoms with Crippen molar-refractivity contribution < 1.29 is 0 Å². The molecule has 2 heterocycles. The van der Waals surface area contributed by atoms with Crippen molar-refractivity contribution >= 4 is 22.5 Å². The monoisotopic (exact) mass is 279 g/mol. The molecule has 0 aliphatic rings. The van der Waals surface area contributed by atoms with Gasteiger partial charge in [0.15, 0.2) is 0 Å². The van der Waals surface area contributed by atoms with Crippen molar-refractivity contribution in [3.8, 4) is 0 Å². The third-order valence-corrected chi connectivity index (χ3v) is 3.17. The van der Waals surface area contributed by atoms with E-state index in [9.17, 15) is 0 Å². The number of nitrogens with zero attached hydrogens (tertiary/aromatic N) is 3. The van der Waals surface area contributed by atoms with E-state index in [0.717, 1.165) is 34.6 Å². The topological polar surface area (TPSA) is 62.7 Å². The van der Waals surface area contributed by atoms with E-state index in [1.807, 2.05) is 25.3 Å². The van der Waals surface area contributed by atoms with E-state index in [0.29, 0.717) is 6.54 Å². The SMILES string of the molecule is CCNc1cncc(NCc2cccc3cccnc23)n1. The Morgan fingerprint density at radius 2 is 1.81 bits per heavy atom. The van der Waals surface area contributed by atoms with E-state index in [1.54, 1.807) is 12.4 Å². The maximum atomic E-state index is 4.45. The fraction of sp³-hybridized carbons (Fsp3) is 0.188. The van der Waals surface area contributed by atoms with Crippen LogP contribution in [0.5, 0.6) is 0 Å². The van der Waals surface area contributed by atoms with Crippen molar-refractivity contribution in [1.82, 2.24) is 15.0 Å². The molecule has 21 heavy (non-hydrogen) atoms. The predicted molar refractivity (Wildman–Crippen MR) is 85.3 cm³/mol. The van der Waals surface area contributed by atoms with Gasteiger partial charge in [0, 0.05) is 24.7 Å². The van der Waals surface area contributed by atoms with Crippen molar-refractivity contribution in [2.45, 2.75) is 13.5 Å². The van der Waals surface area contributed by atoms with Gasteiger partial charge in [-0.3, -0.25) is 9.97 Å². The Hall–Kier alpha value is -2.69. The molecule has 0 unspecified atom stereocenters. The molecule has 0 bridgehead atoms. The highest BCUT2D eigenvalue weighted by Gasteiger charge is 2.03. The lowest BCUT2D eigenvalue weighted by Crippen LogP contribution is -2.06. The van der Waals surface area contributed by atoms with Crippen LogP contribution in [-0.2, 0) is 6.54 Å². The summed E-state index contributed by atoms with van der Waals surface area (Å²) in [5.41, 5.74) is 2.16. The number of pyridine rings is 1. The summed E-state index contributed by atoms with van der Waals surface area (Å²) in [7, 11) is 0. The Balaban J connectivity index is 1.79. The molecule has 0 fully saturated rings. The summed E-state index contributed by atoms with van der Waals surface area (Å²) in [6.45, 7) is 3.52. The zero-order chi connectivity index (χ0) is 14.5. The largest absolute Gasteiger partial charge is 0.369 e. The average molecular weight is 279 g/mol. The smallest absolute Gasteiger partial charge is 0.147 e. The minimum atomic E-state index is 0.665. The highest BCUT2D eigenvalue weighted by molar-refractivity contribution is 5.81. The molecule has 0 aliphatic heterocycles. The molecular formula is C16H17N5. The first-order valence-electron chi connectivity index (χ1n) is 6.99. The molecule has 0 saturated heterocycles. The van der Waals surface area contributed by atoms with E-state index in [1.165, 1.54) is 0 Å². The van der Waals surface area contributed by atoms with E-state index >= 15 is 0 Å². The van der Waals surface area contributed by atoms with Crippen LogP contribution >= 0.6 is 0 Å². The fourth-order valence-corrected chi connectivity index (χ4v) is 2.21. The van der Waals surface area contributed by atoms with Crippen LogP contribution in [0, 0.1) is 0 Å². The number of fused-ring (bicyclic) bond motifs is 1. The summed E-state index contributed by atoms with van der Waals surface area (Å²) in [5.74, 6) is 1.53. The molecule has 5 heteroatoms. The second-order valence-corrected chi connectivity index (χ2v) is 4.67. The summed E-state index contributed by atoms with van der Waals surface area (Å²) in [4.78, 5) is 13.1. The van der Waals surface area contributed by atoms with Gasteiger partial charge in [0.1, 0.15) is 11.6 Å². The molecular weight excluding hydrogens is 262 g/mol. The van der Waals surface area contributed by atoms with Gasteiger partial charge in [-0.25, -0.2) is 4.98 Å². The summed E-state index contributed by atoms with van der Waals surface area (Å²) in [6.07, 6.45) is 5.25. The van der Waals surface area contributed by atoms with Crippen molar-refractivity contribution in [2.24, 2.45) is 0 Å². The van der Waals surface area contributed by atoms with Crippen molar-refractivity contribution in [2.75, 3.05) is 17.2 Å². The average Bonchev–Trinajstić information content (AvgIpc) is 2.53. The summed E-state index contributed by atoms with van der Waals surface area (Å²) in [6, 6.07) is 10.2. The highest BCUT2D eigenvalue weighted by Crippen LogP contribution is 2.17. The minimum Gasteiger partial charge on any atom is -0.369 e. The normalized spacial score (nSPS) is 10.5. The number of benzene rings is 1. The van der Waals surface area contributed by atoms with Crippen LogP contribution in [0.1, 0.15) is 12.5 Å². The number of hydrogen-bond acceptors (Lipinski definition) is 5. The Morgan fingerprint density at radius 1 is 1.00 bits per heavy atom. The van der Waals surface area contributed by atoms with Gasteiger partial charge >= 0.3 is 0 Å². The van der Waals surface area contributed by atoms with Gasteiger partial charge in [0.25, 0.3) is 0 Å². The van der Waals surface area contributed by atoms with Crippen molar-refractivity contribution in [3.05, 3.63) is 54.5 Å². The van der Waals surface area contributed by atoms with Gasteiger partial charge in [-0.1, -0.05) is 24.3 Å². The van der Waals surface area contributed by atoms with Gasteiger partial charge in [-0.2, -0.15) is 0 Å². The lowest BCUT2D eigenvalue weighted by molar-refractivity contribution is 1.07. The lowest BCUT2D eigenvalue weighted by atomic mass is 10.1. The molecule has 5 nitrogen and oxygen atoms in total. The van der Waals surface area contributed by atoms with E-state index < -0.39 is 0 Å². The Labute approximate surface area is 123 Å². The molecule has 0 atom stereocenters. The number of anilines is 2. The van der Waals surface area contributed by atoms with Crippen LogP contribution < -0.4 is 10.6 Å². The molecule has 0 spiro atoms. The van der Waals surface area contributed by atoms with Crippen LogP contribution in [0.4, 0.5) is 11.6 Å². The molecule has 3 aromatic rings. The molecule has 0 radical (unpaired) electrons. The molecule has 106 valence electrons. The maximum absolute atomic E-state index is 4.45. The van der Waals surface area contributed by atoms with Gasteiger partial charge in [0.2, 0.25) is 0 Å². The summed E-state index contributed by atoms with van der Waals surface area (Å²) >= 11 is 0. The molecule has 2 aromatic heterocycles. The van der Waals surface area contributed by atoms with Crippen molar-refractivity contribution in [1.29, 1.82) is 0 Å². The Bertz CT molecular complexity index is 736. The zero-order valence-corrected chi connectivity index (χ0v) is 11.9. The number of nitrogens with one attached hydrogen (secondary N) is 2. The standard InChI is InChI=1S/C16H17N5/c1-2-18-14-10-17-11-15(21-14)20-9-13-6-3-5-12-7-4-8-19-16(12)13/h3-8,10-11H,2,9H2,1H3,(H2,18,20,21). The van der Waals surface area contributed by atoms with Crippen LogP contribution in [0.25, 0.3) is 10.9 Å². The molecule has 0 saturated carbocycles. The van der Waals surface area contributed by atoms with Crippen molar-refractivity contribution in [3.63, 3.8) is 0 Å². The summed E-state index contributed by atoms with van der Waals surface area (Å²) < 4.78 is 0. The van der Waals surface area contributed by atoms with Crippen LogP contribution in [0.15, 0.2) is 48.9 Å². The first kappa shape index (κ1) is 13.3. The zero-order valence-electron chi connectivity index (χ0n) is 11.9. The van der Waals surface area contributed by atoms with E-state index in [-0.39, 0.29) is 0 Å². The quantitative estimate of drug-likeness (QED) is 0.751. The number of para-hydroxylation sites is 1. The molecule has 0 amide bonds. The minimum absolute atomic E-state index is 0.665. The second kappa shape index (κ2) is 6.17. The molecule has 2 N–H and O–H groups in total. The summed E-state index contributed by atoms with van der Waals surface area (Å²) in [5, 5.41) is 7.59. The predicted octanol–water partition coefficient (Wildman–Crippen LogP) is 3.07. The van der Waals surface area contributed by atoms with Gasteiger partial charge < -0.3 is 10.6 Å². The first-order chi connectivity index (χ1) is 10.4. The van der Waals surface area contributed by atoms with Crippen LogP contribution in [-0.4, -0.2) is 21.5 Å². The Kier molecular flexibility index (Phi) is 3.91. The second-order valence-electron chi connectivity index (χ2n) is 4.67. The highest BCUT2D eigenvalue weighted by atomic mass is 15.1. The first-order valence-corrected chi connectivity index (χ1v) is 6.99. The molecule has 1 aromatic carbocycles. The van der Waals surface area contributed by atoms with Gasteiger partial charge in [-0.15, -0.1) is 0 Å². The van der Waals surface area contributed by atoms with E-state index in [4.69, 9.17) is 0 Å². The third-order valence-electron chi connectivity index (χ3n) is 3.17. The van der Waals surface area contributed by atoms with Crippen LogP contribution in [0.3, 0.4) is 0 Å². The fourth-order valence-electron chi connectivity index (χ4n) is 2.21. The van der Waals surface area contributed by atoms with E-state index in [2.05, 4.69) is 43.8 Å². The van der Waals surface area contributed by atoms with Gasteiger partial charge in [0.05, 0.1) is 17.9 Å². The number of hydrogen-bond donors (Lipinski definition) is 2. The van der Waals surface area contributed by atoms with Gasteiger partial charge in [-0.05, 0) is 18.6 Å². The lowest BCUT2D eigenvalue weighted by Gasteiger charge is -2.09. The maximum Gasteiger partial charge on any atom is 0.147 e. The molecule has 3 rings (SSSR count). The molecule has 0 aliphatic carbocycles. The third kappa shape index (κ3) is 3.08. The Morgan fingerprint density at radius 3 is 2.67 bits per heavy atom. The van der Waals surface area contributed by atoms with Crippen LogP contribution in [0.2, 0.25) is 0 Å². The number of rotatable bonds is 5. The number of aromatic nitrogens is 3.